The molecule has 3 aromatic carbocycles. The molecule has 0 aliphatic carbocycles. The van der Waals surface area contributed by atoms with Crippen molar-refractivity contribution in [2.24, 2.45) is 4.99 Å². The lowest BCUT2D eigenvalue weighted by molar-refractivity contribution is -0.139. The minimum atomic E-state index is -0.763. The Morgan fingerprint density at radius 1 is 1.07 bits per heavy atom. The SMILES string of the molecule is CCOC(=O)C1=C(C)N=c2s/c(=C\c3cc(Br)c(OCc4ccccc4)c(OCC)c3)c(=O)n2[C@@H]1c1ccc2c(c1)OCO2. The molecule has 1 aromatic heterocycles. The van der Waals surface area contributed by atoms with Crippen molar-refractivity contribution in [1.29, 1.82) is 0 Å². The molecule has 226 valence electrons. The highest BCUT2D eigenvalue weighted by atomic mass is 79.9. The number of hydrogen-bond donors (Lipinski definition) is 0. The summed E-state index contributed by atoms with van der Waals surface area (Å²) in [5.74, 6) is 1.75. The molecule has 9 nitrogen and oxygen atoms in total. The summed E-state index contributed by atoms with van der Waals surface area (Å²) in [6, 6.07) is 18.2. The van der Waals surface area contributed by atoms with Gasteiger partial charge in [-0.3, -0.25) is 9.36 Å². The van der Waals surface area contributed by atoms with Crippen molar-refractivity contribution in [3.63, 3.8) is 0 Å². The maximum Gasteiger partial charge on any atom is 0.338 e. The smallest absolute Gasteiger partial charge is 0.338 e. The predicted molar refractivity (Wildman–Crippen MR) is 169 cm³/mol. The first-order valence-corrected chi connectivity index (χ1v) is 15.7. The third kappa shape index (κ3) is 5.77. The largest absolute Gasteiger partial charge is 0.490 e. The molecule has 3 heterocycles. The lowest BCUT2D eigenvalue weighted by Crippen LogP contribution is -2.39. The van der Waals surface area contributed by atoms with Crippen LogP contribution in [0.4, 0.5) is 0 Å². The van der Waals surface area contributed by atoms with E-state index in [1.807, 2.05) is 55.5 Å². The maximum atomic E-state index is 14.1. The molecule has 0 unspecified atom stereocenters. The topological polar surface area (TPSA) is 97.6 Å². The van der Waals surface area contributed by atoms with E-state index in [4.69, 9.17) is 23.7 Å². The molecule has 0 radical (unpaired) electrons. The van der Waals surface area contributed by atoms with Gasteiger partial charge in [-0.25, -0.2) is 9.79 Å². The minimum absolute atomic E-state index is 0.108. The van der Waals surface area contributed by atoms with Gasteiger partial charge in [-0.15, -0.1) is 0 Å². The molecular formula is C33H29BrN2O7S. The van der Waals surface area contributed by atoms with E-state index in [1.165, 1.54) is 11.3 Å². The fraction of sp³-hybridized carbons (Fsp3) is 0.242. The molecule has 1 atom stereocenters. The first-order chi connectivity index (χ1) is 21.4. The quantitative estimate of drug-likeness (QED) is 0.223. The number of thiazole rings is 1. The Kier molecular flexibility index (Phi) is 8.58. The average Bonchev–Trinajstić information content (AvgIpc) is 3.60. The first kappa shape index (κ1) is 29.7. The van der Waals surface area contributed by atoms with Crippen molar-refractivity contribution < 1.29 is 28.5 Å². The third-order valence-electron chi connectivity index (χ3n) is 7.08. The molecule has 2 aliphatic rings. The van der Waals surface area contributed by atoms with Crippen LogP contribution < -0.4 is 33.8 Å². The third-order valence-corrected chi connectivity index (χ3v) is 8.66. The van der Waals surface area contributed by atoms with Gasteiger partial charge in [0.25, 0.3) is 5.56 Å². The zero-order valence-electron chi connectivity index (χ0n) is 24.3. The van der Waals surface area contributed by atoms with Crippen molar-refractivity contribution in [3.8, 4) is 23.0 Å². The highest BCUT2D eigenvalue weighted by Gasteiger charge is 2.34. The number of carbonyl (C=O) groups excluding carboxylic acids is 1. The van der Waals surface area contributed by atoms with Crippen LogP contribution in [0.25, 0.3) is 6.08 Å². The van der Waals surface area contributed by atoms with Crippen LogP contribution in [0.15, 0.2) is 86.2 Å². The molecule has 11 heteroatoms. The number of benzene rings is 3. The Hall–Kier alpha value is -4.35. The van der Waals surface area contributed by atoms with E-state index in [1.54, 1.807) is 36.6 Å². The molecular weight excluding hydrogens is 648 g/mol. The molecule has 2 aliphatic heterocycles. The van der Waals surface area contributed by atoms with E-state index in [2.05, 4.69) is 20.9 Å². The van der Waals surface area contributed by atoms with Gasteiger partial charge >= 0.3 is 5.97 Å². The van der Waals surface area contributed by atoms with Gasteiger partial charge in [0.1, 0.15) is 6.61 Å². The maximum absolute atomic E-state index is 14.1. The molecule has 44 heavy (non-hydrogen) atoms. The summed E-state index contributed by atoms with van der Waals surface area (Å²) in [7, 11) is 0. The molecule has 0 saturated heterocycles. The molecule has 0 amide bonds. The van der Waals surface area contributed by atoms with Crippen molar-refractivity contribution in [1.82, 2.24) is 4.57 Å². The summed E-state index contributed by atoms with van der Waals surface area (Å²) < 4.78 is 31.2. The van der Waals surface area contributed by atoms with Gasteiger partial charge < -0.3 is 23.7 Å². The minimum Gasteiger partial charge on any atom is -0.490 e. The molecule has 4 aromatic rings. The Bertz CT molecular complexity index is 1950. The molecule has 0 N–H and O–H groups in total. The van der Waals surface area contributed by atoms with Crippen LogP contribution in [-0.2, 0) is 16.1 Å². The van der Waals surface area contributed by atoms with Gasteiger partial charge in [-0.05, 0) is 83.7 Å². The van der Waals surface area contributed by atoms with E-state index in [-0.39, 0.29) is 19.0 Å². The molecule has 6 rings (SSSR count). The number of esters is 1. The van der Waals surface area contributed by atoms with Crippen LogP contribution >= 0.6 is 27.3 Å². The van der Waals surface area contributed by atoms with Gasteiger partial charge in [0.05, 0.1) is 39.5 Å². The molecule has 0 fully saturated rings. The Labute approximate surface area is 265 Å². The normalized spacial score (nSPS) is 15.5. The second-order valence-electron chi connectivity index (χ2n) is 9.95. The standard InChI is InChI=1S/C33H29BrN2O7S/c1-4-39-26-14-21(13-23(34)30(26)41-17-20-9-7-6-8-10-20)15-27-31(37)36-29(22-11-12-24-25(16-22)43-18-42-24)28(32(38)40-5-2)19(3)35-33(36)44-27/h6-16,29H,4-5,17-18H2,1-3H3/b27-15-/t29-/m1/s1. The van der Waals surface area contributed by atoms with Gasteiger partial charge in [0.15, 0.2) is 27.8 Å². The summed E-state index contributed by atoms with van der Waals surface area (Å²) in [5.41, 5.74) is 2.94. The van der Waals surface area contributed by atoms with Crippen LogP contribution in [0.5, 0.6) is 23.0 Å². The summed E-state index contributed by atoms with van der Waals surface area (Å²) in [6.07, 6.45) is 1.79. The van der Waals surface area contributed by atoms with Gasteiger partial charge in [-0.1, -0.05) is 47.7 Å². The van der Waals surface area contributed by atoms with Crippen LogP contribution in [0.2, 0.25) is 0 Å². The van der Waals surface area contributed by atoms with Crippen LogP contribution in [-0.4, -0.2) is 30.5 Å². The monoisotopic (exact) mass is 676 g/mol. The number of hydrogen-bond acceptors (Lipinski definition) is 9. The zero-order valence-corrected chi connectivity index (χ0v) is 26.7. The molecule has 0 spiro atoms. The number of carbonyl (C=O) groups is 1. The molecule has 0 saturated carbocycles. The number of aromatic nitrogens is 1. The number of fused-ring (bicyclic) bond motifs is 2. The van der Waals surface area contributed by atoms with E-state index in [0.717, 1.165) is 11.1 Å². The highest BCUT2D eigenvalue weighted by Crippen LogP contribution is 2.39. The predicted octanol–water partition coefficient (Wildman–Crippen LogP) is 5.27. The van der Waals surface area contributed by atoms with Crippen molar-refractivity contribution in [3.05, 3.63) is 113 Å². The first-order valence-electron chi connectivity index (χ1n) is 14.1. The van der Waals surface area contributed by atoms with E-state index < -0.39 is 12.0 Å². The van der Waals surface area contributed by atoms with E-state index in [0.29, 0.717) is 66.9 Å². The van der Waals surface area contributed by atoms with Gasteiger partial charge in [0.2, 0.25) is 6.79 Å². The van der Waals surface area contributed by atoms with Crippen molar-refractivity contribution in [2.45, 2.75) is 33.4 Å². The van der Waals surface area contributed by atoms with Crippen LogP contribution in [0.1, 0.15) is 43.5 Å². The average molecular weight is 678 g/mol. The number of rotatable bonds is 9. The van der Waals surface area contributed by atoms with Gasteiger partial charge in [0, 0.05) is 0 Å². The second kappa shape index (κ2) is 12.7. The zero-order chi connectivity index (χ0) is 30.8. The lowest BCUT2D eigenvalue weighted by atomic mass is 9.95. The number of halogens is 1. The second-order valence-corrected chi connectivity index (χ2v) is 11.8. The van der Waals surface area contributed by atoms with Crippen LogP contribution in [0.3, 0.4) is 0 Å². The Morgan fingerprint density at radius 2 is 1.86 bits per heavy atom. The molecule has 0 bridgehead atoms. The van der Waals surface area contributed by atoms with Crippen molar-refractivity contribution in [2.75, 3.05) is 20.0 Å². The Morgan fingerprint density at radius 3 is 2.64 bits per heavy atom. The highest BCUT2D eigenvalue weighted by molar-refractivity contribution is 9.10. The van der Waals surface area contributed by atoms with Gasteiger partial charge in [-0.2, -0.15) is 0 Å². The van der Waals surface area contributed by atoms with E-state index >= 15 is 0 Å². The Balaban J connectivity index is 1.43. The number of ether oxygens (including phenoxy) is 5. The number of allylic oxidation sites excluding steroid dienone is 1. The van der Waals surface area contributed by atoms with Crippen molar-refractivity contribution >= 4 is 39.3 Å². The fourth-order valence-corrected chi connectivity index (χ4v) is 6.77. The lowest BCUT2D eigenvalue weighted by Gasteiger charge is -2.24. The summed E-state index contributed by atoms with van der Waals surface area (Å²) in [5, 5.41) is 0. The summed E-state index contributed by atoms with van der Waals surface area (Å²) in [6.45, 7) is 6.50. The summed E-state index contributed by atoms with van der Waals surface area (Å²) in [4.78, 5) is 32.4. The fourth-order valence-electron chi connectivity index (χ4n) is 5.15. The van der Waals surface area contributed by atoms with E-state index in [9.17, 15) is 9.59 Å². The summed E-state index contributed by atoms with van der Waals surface area (Å²) >= 11 is 4.88. The van der Waals surface area contributed by atoms with Crippen LogP contribution in [0, 0.1) is 0 Å². The number of nitrogens with zero attached hydrogens (tertiary/aromatic N) is 2.